The fourth-order valence-corrected chi connectivity index (χ4v) is 3.71. The number of carbonyl (C=O) groups is 3. The molecule has 1 unspecified atom stereocenters. The molecule has 2 heterocycles. The number of halogens is 1. The molecule has 10 heteroatoms. The van der Waals surface area contributed by atoms with E-state index in [0.717, 1.165) is 15.8 Å². The lowest BCUT2D eigenvalue weighted by molar-refractivity contribution is -0.119. The monoisotopic (exact) mass is 428 g/mol. The number of methoxy groups -OCH3 is 1. The smallest absolute Gasteiger partial charge is 0.341 e. The van der Waals surface area contributed by atoms with E-state index >= 15 is 0 Å². The minimum absolute atomic E-state index is 0.131. The van der Waals surface area contributed by atoms with E-state index in [1.54, 1.807) is 19.3 Å². The highest BCUT2D eigenvalue weighted by Crippen LogP contribution is 2.34. The molecule has 2 rings (SSSR count). The van der Waals surface area contributed by atoms with E-state index in [4.69, 9.17) is 10.5 Å². The zero-order valence-electron chi connectivity index (χ0n) is 13.8. The molecular weight excluding hydrogens is 412 g/mol. The molecule has 0 radical (unpaired) electrons. The van der Waals surface area contributed by atoms with Gasteiger partial charge in [-0.15, -0.1) is 11.3 Å². The Labute approximate surface area is 156 Å². The lowest BCUT2D eigenvalue weighted by Crippen LogP contribution is -2.26. The first kappa shape index (κ1) is 19.1. The number of rotatable bonds is 6. The Morgan fingerprint density at radius 3 is 2.64 bits per heavy atom. The van der Waals surface area contributed by atoms with Crippen LogP contribution in [0.2, 0.25) is 0 Å². The maximum Gasteiger partial charge on any atom is 0.341 e. The van der Waals surface area contributed by atoms with E-state index in [1.807, 2.05) is 6.92 Å². The molecule has 2 aromatic rings. The number of aromatic nitrogens is 2. The summed E-state index contributed by atoms with van der Waals surface area (Å²) in [7, 11) is 1.23. The second-order valence-electron chi connectivity index (χ2n) is 5.17. The molecule has 0 aliphatic rings. The van der Waals surface area contributed by atoms with Crippen LogP contribution < -0.4 is 11.1 Å². The first-order valence-electron chi connectivity index (χ1n) is 7.32. The highest BCUT2D eigenvalue weighted by molar-refractivity contribution is 9.10. The van der Waals surface area contributed by atoms with Crippen molar-refractivity contribution in [3.63, 3.8) is 0 Å². The molecule has 0 aromatic carbocycles. The van der Waals surface area contributed by atoms with Crippen molar-refractivity contribution < 1.29 is 19.1 Å². The number of esters is 1. The van der Waals surface area contributed by atoms with Gasteiger partial charge >= 0.3 is 5.97 Å². The van der Waals surface area contributed by atoms with Crippen LogP contribution in [0.1, 0.15) is 45.0 Å². The molecule has 3 N–H and O–H groups in total. The Hall–Kier alpha value is -2.20. The van der Waals surface area contributed by atoms with Crippen molar-refractivity contribution in [1.82, 2.24) is 9.78 Å². The van der Waals surface area contributed by atoms with Crippen LogP contribution in [0.15, 0.2) is 16.9 Å². The SMILES string of the molecule is CCC(C(=O)Nc1sc(C(N)=O)c(C)c1C(=O)OC)n1cc(Br)cn1. The first-order chi connectivity index (χ1) is 11.8. The first-order valence-corrected chi connectivity index (χ1v) is 8.93. The molecule has 0 fully saturated rings. The quantitative estimate of drug-likeness (QED) is 0.685. The van der Waals surface area contributed by atoms with Crippen LogP contribution in [0.5, 0.6) is 0 Å². The lowest BCUT2D eigenvalue weighted by Gasteiger charge is -2.15. The highest BCUT2D eigenvalue weighted by atomic mass is 79.9. The van der Waals surface area contributed by atoms with Crippen molar-refractivity contribution in [3.05, 3.63) is 32.9 Å². The molecule has 0 spiro atoms. The normalized spacial score (nSPS) is 11.8. The van der Waals surface area contributed by atoms with Gasteiger partial charge in [-0.3, -0.25) is 14.3 Å². The van der Waals surface area contributed by atoms with E-state index in [9.17, 15) is 14.4 Å². The number of primary amides is 1. The molecule has 2 amide bonds. The third-order valence-electron chi connectivity index (χ3n) is 3.58. The molecule has 2 aromatic heterocycles. The molecule has 0 saturated heterocycles. The number of thiophene rings is 1. The van der Waals surface area contributed by atoms with Crippen LogP contribution in [0.3, 0.4) is 0 Å². The van der Waals surface area contributed by atoms with Gasteiger partial charge < -0.3 is 15.8 Å². The number of hydrogen-bond donors (Lipinski definition) is 2. The van der Waals surface area contributed by atoms with Crippen LogP contribution in [0, 0.1) is 6.92 Å². The van der Waals surface area contributed by atoms with Crippen molar-refractivity contribution in [1.29, 1.82) is 0 Å². The minimum atomic E-state index is -0.670. The van der Waals surface area contributed by atoms with Gasteiger partial charge in [-0.2, -0.15) is 5.10 Å². The van der Waals surface area contributed by atoms with Gasteiger partial charge in [0.05, 0.1) is 28.2 Å². The van der Waals surface area contributed by atoms with E-state index < -0.39 is 17.9 Å². The van der Waals surface area contributed by atoms with Gasteiger partial charge in [0.15, 0.2) is 0 Å². The third-order valence-corrected chi connectivity index (χ3v) is 5.21. The summed E-state index contributed by atoms with van der Waals surface area (Å²) in [5.74, 6) is -1.68. The number of nitrogens with two attached hydrogens (primary N) is 1. The maximum atomic E-state index is 12.7. The van der Waals surface area contributed by atoms with Gasteiger partial charge in [0.1, 0.15) is 11.0 Å². The predicted molar refractivity (Wildman–Crippen MR) is 96.8 cm³/mol. The largest absolute Gasteiger partial charge is 0.465 e. The second kappa shape index (κ2) is 7.79. The summed E-state index contributed by atoms with van der Waals surface area (Å²) in [6.07, 6.45) is 3.75. The van der Waals surface area contributed by atoms with Gasteiger partial charge in [-0.1, -0.05) is 6.92 Å². The Morgan fingerprint density at radius 1 is 1.48 bits per heavy atom. The van der Waals surface area contributed by atoms with E-state index in [0.29, 0.717) is 12.0 Å². The van der Waals surface area contributed by atoms with Gasteiger partial charge in [-0.05, 0) is 34.8 Å². The van der Waals surface area contributed by atoms with Gasteiger partial charge in [0.2, 0.25) is 5.91 Å². The third kappa shape index (κ3) is 3.90. The van der Waals surface area contributed by atoms with Crippen LogP contribution in [-0.4, -0.2) is 34.7 Å². The number of amides is 2. The van der Waals surface area contributed by atoms with E-state index in [2.05, 4.69) is 26.3 Å². The fourth-order valence-electron chi connectivity index (χ4n) is 2.36. The van der Waals surface area contributed by atoms with E-state index in [1.165, 1.54) is 11.8 Å². The molecule has 0 saturated carbocycles. The molecule has 0 bridgehead atoms. The molecule has 0 aliphatic carbocycles. The highest BCUT2D eigenvalue weighted by Gasteiger charge is 2.27. The summed E-state index contributed by atoms with van der Waals surface area (Å²) in [5, 5.41) is 7.05. The predicted octanol–water partition coefficient (Wildman–Crippen LogP) is 2.49. The number of nitrogens with zero attached hydrogens (tertiary/aromatic N) is 2. The van der Waals surface area contributed by atoms with Crippen molar-refractivity contribution in [2.75, 3.05) is 12.4 Å². The number of carbonyl (C=O) groups excluding carboxylic acids is 3. The van der Waals surface area contributed by atoms with Gasteiger partial charge in [0, 0.05) is 6.20 Å². The van der Waals surface area contributed by atoms with Crippen LogP contribution >= 0.6 is 27.3 Å². The Kier molecular flexibility index (Phi) is 5.96. The van der Waals surface area contributed by atoms with Crippen molar-refractivity contribution >= 4 is 50.1 Å². The minimum Gasteiger partial charge on any atom is -0.465 e. The Balaban J connectivity index is 2.38. The average molecular weight is 429 g/mol. The van der Waals surface area contributed by atoms with Crippen molar-refractivity contribution in [2.45, 2.75) is 26.3 Å². The molecule has 0 aliphatic heterocycles. The van der Waals surface area contributed by atoms with Crippen molar-refractivity contribution in [2.24, 2.45) is 5.73 Å². The Morgan fingerprint density at radius 2 is 2.16 bits per heavy atom. The maximum absolute atomic E-state index is 12.7. The number of ether oxygens (including phenoxy) is 1. The molecule has 1 atom stereocenters. The molecule has 134 valence electrons. The second-order valence-corrected chi connectivity index (χ2v) is 7.10. The summed E-state index contributed by atoms with van der Waals surface area (Å²) >= 11 is 4.24. The summed E-state index contributed by atoms with van der Waals surface area (Å²) in [6, 6.07) is -0.573. The zero-order valence-corrected chi connectivity index (χ0v) is 16.2. The summed E-state index contributed by atoms with van der Waals surface area (Å²) < 4.78 is 7.02. The lowest BCUT2D eigenvalue weighted by atomic mass is 10.1. The molecular formula is C15H17BrN4O4S. The van der Waals surface area contributed by atoms with E-state index in [-0.39, 0.29) is 21.3 Å². The van der Waals surface area contributed by atoms with Crippen molar-refractivity contribution in [3.8, 4) is 0 Å². The number of anilines is 1. The topological polar surface area (TPSA) is 116 Å². The number of nitrogens with one attached hydrogen (secondary N) is 1. The van der Waals surface area contributed by atoms with Gasteiger partial charge in [0.25, 0.3) is 5.91 Å². The molecule has 25 heavy (non-hydrogen) atoms. The zero-order chi connectivity index (χ0) is 18.7. The Bertz CT molecular complexity index is 830. The van der Waals surface area contributed by atoms with Crippen LogP contribution in [-0.2, 0) is 9.53 Å². The van der Waals surface area contributed by atoms with Crippen LogP contribution in [0.25, 0.3) is 0 Å². The van der Waals surface area contributed by atoms with Gasteiger partial charge in [-0.25, -0.2) is 4.79 Å². The van der Waals surface area contributed by atoms with Crippen LogP contribution in [0.4, 0.5) is 5.00 Å². The summed E-state index contributed by atoms with van der Waals surface area (Å²) in [5.41, 5.74) is 5.85. The number of hydrogen-bond acceptors (Lipinski definition) is 6. The average Bonchev–Trinajstić information content (AvgIpc) is 3.11. The fraction of sp³-hybridized carbons (Fsp3) is 0.333. The molecule has 8 nitrogen and oxygen atoms in total. The summed E-state index contributed by atoms with van der Waals surface area (Å²) in [4.78, 5) is 36.4. The summed E-state index contributed by atoms with van der Waals surface area (Å²) in [6.45, 7) is 3.43. The standard InChI is InChI=1S/C15H17BrN4O4S/c1-4-9(20-6-8(16)5-18-20)13(22)19-14-10(15(23)24-3)7(2)11(25-14)12(17)21/h5-6,9H,4H2,1-3H3,(H2,17,21)(H,19,22).